The van der Waals surface area contributed by atoms with E-state index in [4.69, 9.17) is 0 Å². The van der Waals surface area contributed by atoms with Gasteiger partial charge in [-0.2, -0.15) is 0 Å². The molecule has 0 aliphatic carbocycles. The highest BCUT2D eigenvalue weighted by molar-refractivity contribution is 7.26. The van der Waals surface area contributed by atoms with Crippen LogP contribution in [0.3, 0.4) is 0 Å². The van der Waals surface area contributed by atoms with Gasteiger partial charge in [-0.1, -0.05) is 127 Å². The van der Waals surface area contributed by atoms with Crippen molar-refractivity contribution < 1.29 is 0 Å². The highest BCUT2D eigenvalue weighted by atomic mass is 32.1. The normalized spacial score (nSPS) is 11.5. The first kappa shape index (κ1) is 29.9. The monoisotopic (exact) mass is 685 g/mol. The van der Waals surface area contributed by atoms with Gasteiger partial charge in [-0.25, -0.2) is 0 Å². The quantitative estimate of drug-likeness (QED) is 0.168. The third-order valence-electron chi connectivity index (χ3n) is 9.89. The van der Waals surface area contributed by atoms with Crippen molar-refractivity contribution in [1.82, 2.24) is 0 Å². The van der Waals surface area contributed by atoms with E-state index in [1.807, 2.05) is 22.7 Å². The number of anilines is 3. The number of rotatable bonds is 6. The van der Waals surface area contributed by atoms with Crippen LogP contribution in [0.2, 0.25) is 0 Å². The highest BCUT2D eigenvalue weighted by Crippen LogP contribution is 2.44. The van der Waals surface area contributed by atoms with Crippen LogP contribution in [-0.4, -0.2) is 0 Å². The zero-order valence-electron chi connectivity index (χ0n) is 27.7. The first-order valence-corrected chi connectivity index (χ1v) is 18.9. The Morgan fingerprint density at radius 1 is 0.275 bits per heavy atom. The van der Waals surface area contributed by atoms with Crippen molar-refractivity contribution in [1.29, 1.82) is 0 Å². The Bertz CT molecular complexity index is 2830. The van der Waals surface area contributed by atoms with Gasteiger partial charge >= 0.3 is 0 Å². The predicted molar refractivity (Wildman–Crippen MR) is 223 cm³/mol. The Morgan fingerprint density at radius 2 is 0.706 bits per heavy atom. The molecule has 0 saturated carbocycles. The second-order valence-electron chi connectivity index (χ2n) is 12.9. The van der Waals surface area contributed by atoms with Crippen molar-refractivity contribution in [2.75, 3.05) is 4.90 Å². The van der Waals surface area contributed by atoms with Crippen LogP contribution in [0.15, 0.2) is 188 Å². The lowest BCUT2D eigenvalue weighted by Crippen LogP contribution is -2.09. The molecule has 10 aromatic rings. The van der Waals surface area contributed by atoms with Crippen LogP contribution in [0.4, 0.5) is 17.1 Å². The predicted octanol–water partition coefficient (Wildman–Crippen LogP) is 14.9. The molecule has 2 aromatic heterocycles. The van der Waals surface area contributed by atoms with Crippen LogP contribution in [0.25, 0.3) is 73.7 Å². The fourth-order valence-corrected chi connectivity index (χ4v) is 9.66. The third-order valence-corrected chi connectivity index (χ3v) is 12.2. The molecule has 0 bridgehead atoms. The van der Waals surface area contributed by atoms with E-state index in [-0.39, 0.29) is 0 Å². The van der Waals surface area contributed by atoms with Gasteiger partial charge in [-0.05, 0) is 94.0 Å². The molecular weight excluding hydrogens is 655 g/mol. The van der Waals surface area contributed by atoms with Crippen molar-refractivity contribution in [3.8, 4) is 33.4 Å². The average Bonchev–Trinajstić information content (AvgIpc) is 3.76. The zero-order chi connectivity index (χ0) is 33.7. The number of hydrogen-bond acceptors (Lipinski definition) is 3. The van der Waals surface area contributed by atoms with Crippen molar-refractivity contribution in [2.24, 2.45) is 0 Å². The van der Waals surface area contributed by atoms with Crippen molar-refractivity contribution in [2.45, 2.75) is 0 Å². The number of thiophene rings is 2. The fourth-order valence-electron chi connectivity index (χ4n) is 7.39. The van der Waals surface area contributed by atoms with Crippen LogP contribution in [-0.2, 0) is 0 Å². The van der Waals surface area contributed by atoms with Gasteiger partial charge in [0.2, 0.25) is 0 Å². The van der Waals surface area contributed by atoms with Gasteiger partial charge in [0, 0.05) is 57.4 Å². The van der Waals surface area contributed by atoms with Crippen molar-refractivity contribution in [3.63, 3.8) is 0 Å². The molecule has 0 atom stereocenters. The van der Waals surface area contributed by atoms with Gasteiger partial charge < -0.3 is 4.90 Å². The summed E-state index contributed by atoms with van der Waals surface area (Å²) in [5, 5.41) is 5.26. The van der Waals surface area contributed by atoms with E-state index in [0.29, 0.717) is 0 Å². The minimum absolute atomic E-state index is 1.12. The van der Waals surface area contributed by atoms with Crippen LogP contribution in [0.5, 0.6) is 0 Å². The summed E-state index contributed by atoms with van der Waals surface area (Å²) in [6.45, 7) is 0. The number of fused-ring (bicyclic) bond motifs is 6. The number of hydrogen-bond donors (Lipinski definition) is 0. The van der Waals surface area contributed by atoms with Gasteiger partial charge in [-0.3, -0.25) is 0 Å². The summed E-state index contributed by atoms with van der Waals surface area (Å²) in [6.07, 6.45) is 0. The summed E-state index contributed by atoms with van der Waals surface area (Å²) >= 11 is 3.73. The average molecular weight is 686 g/mol. The molecule has 0 saturated heterocycles. The van der Waals surface area contributed by atoms with Crippen LogP contribution in [0, 0.1) is 0 Å². The molecule has 51 heavy (non-hydrogen) atoms. The molecular formula is C48H31NS2. The summed E-state index contributed by atoms with van der Waals surface area (Å²) in [5.41, 5.74) is 10.7. The Hall–Kier alpha value is -6.00. The zero-order valence-corrected chi connectivity index (χ0v) is 29.3. The maximum absolute atomic E-state index is 2.40. The third kappa shape index (κ3) is 5.30. The summed E-state index contributed by atoms with van der Waals surface area (Å²) in [5.74, 6) is 0. The van der Waals surface area contributed by atoms with Gasteiger partial charge in [0.25, 0.3) is 0 Å². The molecule has 0 fully saturated rings. The van der Waals surface area contributed by atoms with Gasteiger partial charge in [0.1, 0.15) is 0 Å². The van der Waals surface area contributed by atoms with E-state index in [9.17, 15) is 0 Å². The molecule has 2 heterocycles. The van der Waals surface area contributed by atoms with E-state index in [1.165, 1.54) is 73.7 Å². The fraction of sp³-hybridized carbons (Fsp3) is 0. The topological polar surface area (TPSA) is 3.24 Å². The summed E-state index contributed by atoms with van der Waals surface area (Å²) < 4.78 is 5.24. The first-order valence-electron chi connectivity index (χ1n) is 17.2. The summed E-state index contributed by atoms with van der Waals surface area (Å²) in [6, 6.07) is 68.6. The second kappa shape index (κ2) is 12.4. The molecule has 240 valence electrons. The largest absolute Gasteiger partial charge is 0.310 e. The molecule has 10 rings (SSSR count). The maximum atomic E-state index is 2.40. The molecule has 1 nitrogen and oxygen atoms in total. The van der Waals surface area contributed by atoms with Crippen LogP contribution in [0.1, 0.15) is 0 Å². The van der Waals surface area contributed by atoms with Gasteiger partial charge in [0.15, 0.2) is 0 Å². The Balaban J connectivity index is 1.11. The molecule has 0 N–H and O–H groups in total. The lowest BCUT2D eigenvalue weighted by Gasteiger charge is -2.26. The molecule has 0 radical (unpaired) electrons. The Labute approximate surface area is 304 Å². The lowest BCUT2D eigenvalue weighted by molar-refractivity contribution is 1.29. The summed E-state index contributed by atoms with van der Waals surface area (Å²) in [7, 11) is 0. The van der Waals surface area contributed by atoms with Crippen LogP contribution < -0.4 is 4.90 Å². The standard InChI is InChI=1S/C48H31NS2/c1-3-11-32(12-4-1)33-19-23-36(24-20-33)49(38-27-28-41-39-15-7-9-17-45(39)50-47(41)29-38)37-25-21-35(22-26-37)43-31-48-44(40-16-8-10-18-46(40)51-48)30-42(43)34-13-5-2-6-14-34/h1-31H. The summed E-state index contributed by atoms with van der Waals surface area (Å²) in [4.78, 5) is 2.38. The van der Waals surface area contributed by atoms with Crippen LogP contribution >= 0.6 is 22.7 Å². The van der Waals surface area contributed by atoms with Crippen molar-refractivity contribution >= 4 is 80.1 Å². The van der Waals surface area contributed by atoms with E-state index in [1.54, 1.807) is 0 Å². The lowest BCUT2D eigenvalue weighted by atomic mass is 9.92. The Kier molecular flexibility index (Phi) is 7.26. The molecule has 0 amide bonds. The second-order valence-corrected chi connectivity index (χ2v) is 15.1. The first-order chi connectivity index (χ1) is 25.3. The smallest absolute Gasteiger partial charge is 0.0476 e. The highest BCUT2D eigenvalue weighted by Gasteiger charge is 2.17. The molecule has 0 unspecified atom stereocenters. The van der Waals surface area contributed by atoms with Gasteiger partial charge in [-0.15, -0.1) is 22.7 Å². The van der Waals surface area contributed by atoms with E-state index in [0.717, 1.165) is 17.1 Å². The molecule has 3 heteroatoms. The number of nitrogens with zero attached hydrogens (tertiary/aromatic N) is 1. The minimum Gasteiger partial charge on any atom is -0.310 e. The molecule has 0 aliphatic rings. The van der Waals surface area contributed by atoms with Crippen molar-refractivity contribution in [3.05, 3.63) is 188 Å². The molecule has 8 aromatic carbocycles. The van der Waals surface area contributed by atoms with E-state index in [2.05, 4.69) is 193 Å². The van der Waals surface area contributed by atoms with Gasteiger partial charge in [0.05, 0.1) is 0 Å². The SMILES string of the molecule is c1ccc(-c2ccc(N(c3ccc(-c4cc5sc6ccccc6c5cc4-c4ccccc4)cc3)c3ccc4c(c3)sc3ccccc34)cc2)cc1. The molecule has 0 aliphatic heterocycles. The Morgan fingerprint density at radius 3 is 1.35 bits per heavy atom. The van der Waals surface area contributed by atoms with E-state index < -0.39 is 0 Å². The minimum atomic E-state index is 1.12. The maximum Gasteiger partial charge on any atom is 0.0476 e. The molecule has 0 spiro atoms. The number of benzene rings is 8. The van der Waals surface area contributed by atoms with E-state index >= 15 is 0 Å².